The average Bonchev–Trinajstić information content (AvgIpc) is 2.90. The molecule has 0 spiro atoms. The first kappa shape index (κ1) is 21.3. The quantitative estimate of drug-likeness (QED) is 0.598. The van der Waals surface area contributed by atoms with Crippen LogP contribution in [0, 0.1) is 0 Å². The first-order valence-electron chi connectivity index (χ1n) is 8.13. The Hall–Kier alpha value is -3.01. The minimum atomic E-state index is -4.28. The summed E-state index contributed by atoms with van der Waals surface area (Å²) in [6.45, 7) is 1.74. The predicted octanol–water partition coefficient (Wildman–Crippen LogP) is 2.97. The first-order valence-corrected chi connectivity index (χ1v) is 9.57. The molecule has 8 nitrogen and oxygen atoms in total. The van der Waals surface area contributed by atoms with Gasteiger partial charge in [0.05, 0.1) is 21.9 Å². The highest BCUT2D eigenvalue weighted by molar-refractivity contribution is 7.85. The molecule has 9 heteroatoms. The molecule has 0 fully saturated rings. The van der Waals surface area contributed by atoms with E-state index in [1.54, 1.807) is 13.0 Å². The van der Waals surface area contributed by atoms with Crippen molar-refractivity contribution in [3.8, 4) is 0 Å². The summed E-state index contributed by atoms with van der Waals surface area (Å²) in [6, 6.07) is 13.1. The van der Waals surface area contributed by atoms with Crippen LogP contribution in [0.4, 0.5) is 11.4 Å². The Bertz CT molecular complexity index is 1040. The molecular weight excluding hydrogens is 380 g/mol. The van der Waals surface area contributed by atoms with E-state index < -0.39 is 10.1 Å². The molecule has 2 aromatic rings. The first-order chi connectivity index (χ1) is 12.7. The van der Waals surface area contributed by atoms with E-state index >= 15 is 0 Å². The molecular formula is C19H22N4O4S. The van der Waals surface area contributed by atoms with E-state index in [1.165, 1.54) is 29.3 Å². The summed E-state index contributed by atoms with van der Waals surface area (Å²) in [5.41, 5.74) is 3.38. The van der Waals surface area contributed by atoms with Gasteiger partial charge in [-0.3, -0.25) is 9.35 Å². The molecule has 1 amide bonds. The van der Waals surface area contributed by atoms with Gasteiger partial charge in [-0.2, -0.15) is 18.5 Å². The van der Waals surface area contributed by atoms with Crippen molar-refractivity contribution in [2.45, 2.75) is 11.8 Å². The van der Waals surface area contributed by atoms with E-state index in [1.807, 2.05) is 43.3 Å². The Morgan fingerprint density at radius 2 is 1.61 bits per heavy atom. The van der Waals surface area contributed by atoms with Crippen LogP contribution in [0.5, 0.6) is 0 Å². The van der Waals surface area contributed by atoms with Crippen molar-refractivity contribution < 1.29 is 17.8 Å². The van der Waals surface area contributed by atoms with E-state index in [0.29, 0.717) is 17.0 Å². The molecule has 0 atom stereocenters. The third kappa shape index (κ3) is 4.28. The fourth-order valence-corrected chi connectivity index (χ4v) is 3.13. The van der Waals surface area contributed by atoms with Crippen LogP contribution in [0.15, 0.2) is 64.1 Å². The lowest BCUT2D eigenvalue weighted by Crippen LogP contribution is -2.21. The number of rotatable bonds is 4. The second-order valence-electron chi connectivity index (χ2n) is 6.32. The number of anilines is 2. The second-order valence-corrected chi connectivity index (χ2v) is 7.74. The number of hydrazone groups is 1. The van der Waals surface area contributed by atoms with Crippen molar-refractivity contribution in [2.24, 2.45) is 5.10 Å². The zero-order chi connectivity index (χ0) is 19.8. The van der Waals surface area contributed by atoms with E-state index in [9.17, 15) is 13.2 Å². The van der Waals surface area contributed by atoms with Gasteiger partial charge in [0.1, 0.15) is 0 Å². The molecule has 0 aromatic heterocycles. The smallest absolute Gasteiger partial charge is 0.294 e. The van der Waals surface area contributed by atoms with Gasteiger partial charge >= 0.3 is 0 Å². The van der Waals surface area contributed by atoms with Crippen molar-refractivity contribution in [1.29, 1.82) is 0 Å². The molecule has 0 bridgehead atoms. The minimum Gasteiger partial charge on any atom is -0.378 e. The summed E-state index contributed by atoms with van der Waals surface area (Å²) in [4.78, 5) is 14.5. The largest absolute Gasteiger partial charge is 0.378 e. The van der Waals surface area contributed by atoms with Gasteiger partial charge in [0.15, 0.2) is 0 Å². The molecule has 1 aliphatic heterocycles. The van der Waals surface area contributed by atoms with E-state index in [2.05, 4.69) is 5.10 Å². The maximum Gasteiger partial charge on any atom is 0.294 e. The Labute approximate surface area is 164 Å². The molecule has 148 valence electrons. The van der Waals surface area contributed by atoms with Crippen LogP contribution < -0.4 is 16.1 Å². The zero-order valence-electron chi connectivity index (χ0n) is 15.8. The lowest BCUT2D eigenvalue weighted by molar-refractivity contribution is -0.114. The minimum absolute atomic E-state index is 0. The van der Waals surface area contributed by atoms with Gasteiger partial charge in [-0.15, -0.1) is 0 Å². The van der Waals surface area contributed by atoms with Gasteiger partial charge in [-0.05, 0) is 55.0 Å². The second kappa shape index (κ2) is 7.93. The molecule has 0 aliphatic carbocycles. The molecule has 0 unspecified atom stereocenters. The Morgan fingerprint density at radius 1 is 1.04 bits per heavy atom. The fraction of sp³-hybridized carbons (Fsp3) is 0.158. The van der Waals surface area contributed by atoms with Gasteiger partial charge < -0.3 is 11.1 Å². The van der Waals surface area contributed by atoms with E-state index in [4.69, 9.17) is 4.55 Å². The van der Waals surface area contributed by atoms with Crippen LogP contribution >= 0.6 is 0 Å². The summed E-state index contributed by atoms with van der Waals surface area (Å²) in [6.07, 6.45) is 1.77. The van der Waals surface area contributed by atoms with Crippen LogP contribution in [-0.4, -0.2) is 38.7 Å². The van der Waals surface area contributed by atoms with E-state index in [0.717, 1.165) is 11.3 Å². The van der Waals surface area contributed by atoms with Crippen molar-refractivity contribution in [3.05, 3.63) is 59.7 Å². The molecule has 0 saturated carbocycles. The molecule has 2 aromatic carbocycles. The van der Waals surface area contributed by atoms with Crippen LogP contribution in [0.2, 0.25) is 0 Å². The SMILES string of the molecule is CC1=NN(c2ccc(S(=O)(=O)O)cc2)C(=O)/C1=C\c1ccc(N(C)C)cc1.N. The van der Waals surface area contributed by atoms with Crippen molar-refractivity contribution in [2.75, 3.05) is 24.0 Å². The Balaban J connectivity index is 0.00000280. The normalized spacial score (nSPS) is 15.4. The lowest BCUT2D eigenvalue weighted by Gasteiger charge is -2.12. The van der Waals surface area contributed by atoms with Gasteiger partial charge in [-0.25, -0.2) is 0 Å². The van der Waals surface area contributed by atoms with Gasteiger partial charge in [0.25, 0.3) is 16.0 Å². The number of benzene rings is 2. The summed E-state index contributed by atoms with van der Waals surface area (Å²) in [7, 11) is -0.374. The molecule has 1 heterocycles. The number of nitrogens with zero attached hydrogens (tertiary/aromatic N) is 3. The summed E-state index contributed by atoms with van der Waals surface area (Å²) >= 11 is 0. The summed E-state index contributed by atoms with van der Waals surface area (Å²) < 4.78 is 31.3. The van der Waals surface area contributed by atoms with Crippen molar-refractivity contribution >= 4 is 39.2 Å². The predicted molar refractivity (Wildman–Crippen MR) is 111 cm³/mol. The van der Waals surface area contributed by atoms with Crippen LogP contribution in [-0.2, 0) is 14.9 Å². The van der Waals surface area contributed by atoms with Crippen molar-refractivity contribution in [3.63, 3.8) is 0 Å². The highest BCUT2D eigenvalue weighted by Gasteiger charge is 2.28. The Morgan fingerprint density at radius 3 is 2.11 bits per heavy atom. The molecule has 0 saturated heterocycles. The standard InChI is InChI=1S/C19H19N3O4S.H3N/c1-13-18(12-14-4-6-15(7-5-14)21(2)3)19(23)22(20-13)16-8-10-17(11-9-16)27(24,25)26;/h4-12H,1-3H3,(H,24,25,26);1H3/b18-12-;. The number of amides is 1. The third-order valence-electron chi connectivity index (χ3n) is 4.16. The molecule has 28 heavy (non-hydrogen) atoms. The average molecular weight is 402 g/mol. The third-order valence-corrected chi connectivity index (χ3v) is 5.03. The maximum absolute atomic E-state index is 12.7. The van der Waals surface area contributed by atoms with Gasteiger partial charge in [0, 0.05) is 19.8 Å². The number of carbonyl (C=O) groups excluding carboxylic acids is 1. The van der Waals surface area contributed by atoms with E-state index in [-0.39, 0.29) is 17.0 Å². The highest BCUT2D eigenvalue weighted by Crippen LogP contribution is 2.26. The molecule has 4 N–H and O–H groups in total. The lowest BCUT2D eigenvalue weighted by atomic mass is 10.1. The highest BCUT2D eigenvalue weighted by atomic mass is 32.2. The number of hydrogen-bond donors (Lipinski definition) is 2. The number of carbonyl (C=O) groups is 1. The van der Waals surface area contributed by atoms with Crippen LogP contribution in [0.25, 0.3) is 6.08 Å². The fourth-order valence-electron chi connectivity index (χ4n) is 2.65. The zero-order valence-corrected chi connectivity index (χ0v) is 16.6. The Kier molecular flexibility index (Phi) is 6.03. The van der Waals surface area contributed by atoms with Gasteiger partial charge in [0.2, 0.25) is 0 Å². The summed E-state index contributed by atoms with van der Waals surface area (Å²) in [5.74, 6) is -0.302. The number of hydrogen-bond acceptors (Lipinski definition) is 6. The van der Waals surface area contributed by atoms with Crippen molar-refractivity contribution in [1.82, 2.24) is 6.15 Å². The van der Waals surface area contributed by atoms with Crippen LogP contribution in [0.1, 0.15) is 12.5 Å². The van der Waals surface area contributed by atoms with Gasteiger partial charge in [-0.1, -0.05) is 12.1 Å². The molecule has 0 radical (unpaired) electrons. The monoisotopic (exact) mass is 402 g/mol. The summed E-state index contributed by atoms with van der Waals surface area (Å²) in [5, 5.41) is 5.48. The molecule has 3 rings (SSSR count). The maximum atomic E-state index is 12.7. The molecule has 1 aliphatic rings. The van der Waals surface area contributed by atoms with Crippen LogP contribution in [0.3, 0.4) is 0 Å². The topological polar surface area (TPSA) is 125 Å².